The number of benzene rings is 8. The Morgan fingerprint density at radius 3 is 0.600 bits per heavy atom. The Labute approximate surface area is 576 Å². The van der Waals surface area contributed by atoms with E-state index in [0.717, 1.165) is 35.1 Å². The average molecular weight is 1350 g/mol. The molecule has 508 valence electrons. The second-order valence-corrected chi connectivity index (χ2v) is 19.6. The molecule has 0 heterocycles. The number of aryl methyl sites for hydroxylation is 4. The van der Waals surface area contributed by atoms with Crippen LogP contribution in [0.25, 0.3) is 0 Å². The lowest BCUT2D eigenvalue weighted by Crippen LogP contribution is -2.09. The van der Waals surface area contributed by atoms with Crippen LogP contribution in [-0.2, 0) is 60.7 Å². The molecule has 0 N–H and O–H groups in total. The molecule has 0 aliphatic rings. The van der Waals surface area contributed by atoms with E-state index in [2.05, 4.69) is 35.5 Å². The molecule has 0 aliphatic heterocycles. The first kappa shape index (κ1) is 77.0. The van der Waals surface area contributed by atoms with Crippen LogP contribution in [0, 0.1) is 61.2 Å². The van der Waals surface area contributed by atoms with Gasteiger partial charge in [0.25, 0.3) is 0 Å². The van der Waals surface area contributed by atoms with E-state index in [1.807, 2.05) is 88.1 Å². The Morgan fingerprint density at radius 2 is 0.420 bits per heavy atom. The van der Waals surface area contributed by atoms with E-state index in [9.17, 15) is 47.9 Å². The Hall–Kier alpha value is -13.7. The third kappa shape index (κ3) is 29.7. The van der Waals surface area contributed by atoms with E-state index in [1.54, 1.807) is 111 Å². The molecule has 22 heteroatoms. The van der Waals surface area contributed by atoms with Crippen LogP contribution in [0.1, 0.15) is 70.7 Å². The molecule has 22 nitrogen and oxygen atoms in total. The average Bonchev–Trinajstić information content (AvgIpc) is 0.943. The van der Waals surface area contributed by atoms with Crippen LogP contribution in [-0.4, -0.2) is 87.1 Å². The van der Waals surface area contributed by atoms with Crippen LogP contribution in [0.2, 0.25) is 0 Å². The van der Waals surface area contributed by atoms with Crippen molar-refractivity contribution in [1.29, 1.82) is 0 Å². The van der Waals surface area contributed by atoms with Gasteiger partial charge in [-0.3, -0.25) is 0 Å². The van der Waals surface area contributed by atoms with E-state index >= 15 is 0 Å². The number of carbonyl (C=O) groups excluding carboxylic acids is 10. The van der Waals surface area contributed by atoms with Gasteiger partial charge in [-0.2, -0.15) is 0 Å². The highest BCUT2D eigenvalue weighted by Gasteiger charge is 2.12. The van der Waals surface area contributed by atoms with Gasteiger partial charge in [0.15, 0.2) is 0 Å². The fourth-order valence-corrected chi connectivity index (χ4v) is 7.30. The summed E-state index contributed by atoms with van der Waals surface area (Å²) in [6.45, 7) is 11.8. The molecule has 0 saturated heterocycles. The van der Waals surface area contributed by atoms with Gasteiger partial charge in [0, 0.05) is 47.4 Å². The lowest BCUT2D eigenvalue weighted by atomic mass is 10.2. The molecule has 0 aromatic heterocycles. The van der Waals surface area contributed by atoms with Crippen LogP contribution >= 0.6 is 0 Å². The third-order valence-corrected chi connectivity index (χ3v) is 12.3. The van der Waals surface area contributed by atoms with Gasteiger partial charge in [0.1, 0.15) is 57.5 Å². The minimum absolute atomic E-state index is 0.144. The van der Waals surface area contributed by atoms with Crippen molar-refractivity contribution in [2.24, 2.45) is 0 Å². The van der Waals surface area contributed by atoms with Gasteiger partial charge in [0.05, 0.1) is 38.6 Å². The van der Waals surface area contributed by atoms with Crippen LogP contribution in [0.15, 0.2) is 194 Å². The van der Waals surface area contributed by atoms with Crippen LogP contribution < -0.4 is 47.4 Å². The Morgan fingerprint density at radius 1 is 0.250 bits per heavy atom. The highest BCUT2D eigenvalue weighted by molar-refractivity contribution is 6.02. The maximum atomic E-state index is 11.7. The zero-order chi connectivity index (χ0) is 72.6. The van der Waals surface area contributed by atoms with Gasteiger partial charge in [-0.15, -0.1) is 0 Å². The van der Waals surface area contributed by atoms with Gasteiger partial charge >= 0.3 is 59.7 Å². The summed E-state index contributed by atoms with van der Waals surface area (Å²) in [4.78, 5) is 116. The number of carbonyl (C=O) groups is 10. The van der Waals surface area contributed by atoms with Crippen molar-refractivity contribution in [3.05, 3.63) is 228 Å². The molecule has 0 spiro atoms. The molecule has 0 aliphatic carbocycles. The van der Waals surface area contributed by atoms with E-state index in [4.69, 9.17) is 56.8 Å². The van der Waals surface area contributed by atoms with Crippen LogP contribution in [0.4, 0.5) is 0 Å². The highest BCUT2D eigenvalue weighted by atomic mass is 16.6. The number of rotatable bonds is 16. The number of esters is 10. The van der Waals surface area contributed by atoms with Gasteiger partial charge in [0.2, 0.25) is 0 Å². The van der Waals surface area contributed by atoms with Gasteiger partial charge in [-0.1, -0.05) is 73.5 Å². The summed E-state index contributed by atoms with van der Waals surface area (Å²) in [5, 5.41) is 0. The second kappa shape index (κ2) is 41.9. The third-order valence-electron chi connectivity index (χ3n) is 12.3. The lowest BCUT2D eigenvalue weighted by molar-refractivity contribution is -0.130. The van der Waals surface area contributed by atoms with Crippen molar-refractivity contribution >= 4 is 59.7 Å². The van der Waals surface area contributed by atoms with Crippen molar-refractivity contribution in [1.82, 2.24) is 0 Å². The monoisotopic (exact) mass is 1350 g/mol. The SMILES string of the molecule is CCOC(=O)c1ccc(OC(=O)C#CC(=O)Oc2ccc(C(=O)OCC)cc2)cc1.CCc1ccc(OC(=O)C#CC(=O)Oc2ccc(CC)cc2)cc1.COc1ccc(OC(=O)C#CC(=O)Oc2ccc(OC)cc2)cc1.Cc1ccc(OC(=O)C#CC(=O)Oc2ccc(C)cc2)cc1. The van der Waals surface area contributed by atoms with Crippen LogP contribution in [0.5, 0.6) is 57.5 Å². The van der Waals surface area contributed by atoms with Gasteiger partial charge in [-0.25, -0.2) is 47.9 Å². The minimum atomic E-state index is -0.978. The summed E-state index contributed by atoms with van der Waals surface area (Å²) < 4.78 is 59.5. The summed E-state index contributed by atoms with van der Waals surface area (Å²) >= 11 is 0. The van der Waals surface area contributed by atoms with Crippen molar-refractivity contribution in [2.75, 3.05) is 27.4 Å². The molecular weight excluding hydrogens is 1290 g/mol. The Bertz CT molecular complexity index is 3970. The predicted molar refractivity (Wildman–Crippen MR) is 361 cm³/mol. The first-order valence-corrected chi connectivity index (χ1v) is 30.1. The summed E-state index contributed by atoms with van der Waals surface area (Å²) in [5.74, 6) is 12.3. The fraction of sp³-hybridized carbons (Fsp3) is 0.154. The first-order valence-electron chi connectivity index (χ1n) is 30.1. The highest BCUT2D eigenvalue weighted by Crippen LogP contribution is 2.21. The molecule has 0 amide bonds. The second-order valence-electron chi connectivity index (χ2n) is 19.6. The zero-order valence-electron chi connectivity index (χ0n) is 55.3. The normalized spacial score (nSPS) is 9.44. The summed E-state index contributed by atoms with van der Waals surface area (Å²) in [6, 6.07) is 52.1. The topological polar surface area (TPSA) is 281 Å². The lowest BCUT2D eigenvalue weighted by Gasteiger charge is -2.03. The van der Waals surface area contributed by atoms with Crippen molar-refractivity contribution in [2.45, 2.75) is 54.4 Å². The van der Waals surface area contributed by atoms with E-state index in [0.29, 0.717) is 57.1 Å². The number of methoxy groups -OCH3 is 2. The smallest absolute Gasteiger partial charge is 0.390 e. The molecule has 0 unspecified atom stereocenters. The number of ether oxygens (including phenoxy) is 12. The molecular formula is C78H64O22. The Kier molecular flexibility index (Phi) is 32.3. The quantitative estimate of drug-likeness (QED) is 0.0376. The summed E-state index contributed by atoms with van der Waals surface area (Å²) in [5.41, 5.74) is 4.98. The molecule has 0 atom stereocenters. The minimum Gasteiger partial charge on any atom is -0.497 e. The van der Waals surface area contributed by atoms with E-state index < -0.39 is 59.7 Å². The molecule has 8 rings (SSSR count). The fourth-order valence-electron chi connectivity index (χ4n) is 7.30. The van der Waals surface area contributed by atoms with Gasteiger partial charge < -0.3 is 56.8 Å². The molecule has 0 bridgehead atoms. The first-order chi connectivity index (χ1) is 48.1. The molecule has 0 fully saturated rings. The molecule has 8 aromatic rings. The molecule has 0 saturated carbocycles. The van der Waals surface area contributed by atoms with Crippen molar-refractivity contribution in [3.8, 4) is 105 Å². The Balaban J connectivity index is 0.000000242. The number of hydrogen-bond acceptors (Lipinski definition) is 22. The zero-order valence-corrected chi connectivity index (χ0v) is 55.3. The van der Waals surface area contributed by atoms with Crippen molar-refractivity contribution in [3.63, 3.8) is 0 Å². The maximum Gasteiger partial charge on any atom is 0.390 e. The van der Waals surface area contributed by atoms with Crippen LogP contribution in [0.3, 0.4) is 0 Å². The molecule has 0 radical (unpaired) electrons. The predicted octanol–water partition coefficient (Wildman–Crippen LogP) is 10.9. The maximum absolute atomic E-state index is 11.7. The van der Waals surface area contributed by atoms with E-state index in [-0.39, 0.29) is 24.7 Å². The number of hydrogen-bond donors (Lipinski definition) is 0. The summed E-state index contributed by atoms with van der Waals surface area (Å²) in [6.07, 6.45) is 1.80. The largest absolute Gasteiger partial charge is 0.497 e. The molecule has 8 aromatic carbocycles. The van der Waals surface area contributed by atoms with E-state index in [1.165, 1.54) is 62.8 Å². The summed E-state index contributed by atoms with van der Waals surface area (Å²) in [7, 11) is 3.06. The van der Waals surface area contributed by atoms with Crippen molar-refractivity contribution < 1.29 is 105 Å². The van der Waals surface area contributed by atoms with Gasteiger partial charge in [-0.05, 0) is 197 Å². The standard InChI is InChI=1S/C22H18O8.C20H18O4.C18H14O6.C18H14O4/c1-3-27-21(25)15-5-9-17(10-6-15)29-19(23)13-14-20(24)30-18-11-7-16(8-12-18)22(26)28-4-2;1-3-15-5-9-17(10-6-15)23-19(21)13-14-20(22)24-18-11-7-16(4-2)8-12-18;1-21-13-3-7-15(8-4-13)23-17(19)11-12-18(20)24-16-9-5-14(22-2)6-10-16;1-13-3-7-15(8-4-13)21-17(19)11-12-18(20)22-16-9-5-14(2)6-10-16/h5-12H,3-4H2,1-2H3;5-12H,3-4H2,1-2H3;3-10H,1-2H3;3-10H,1-2H3. The molecule has 100 heavy (non-hydrogen) atoms.